The standard InChI is InChI=1S/C15H25NO/c1-5-16(15(2,3)4)12-11-14(17)13-9-7-6-8-10-13/h6-10,14,17H,5,11-12H2,1-4H3. The molecule has 0 saturated carbocycles. The summed E-state index contributed by atoms with van der Waals surface area (Å²) in [5.74, 6) is 0. The summed E-state index contributed by atoms with van der Waals surface area (Å²) in [5, 5.41) is 10.1. The van der Waals surface area contributed by atoms with E-state index in [1.807, 2.05) is 30.3 Å². The van der Waals surface area contributed by atoms with Crippen molar-refractivity contribution in [3.8, 4) is 0 Å². The second-order valence-corrected chi connectivity index (χ2v) is 5.47. The van der Waals surface area contributed by atoms with Gasteiger partial charge in [-0.1, -0.05) is 37.3 Å². The molecule has 0 heterocycles. The van der Waals surface area contributed by atoms with Crippen LogP contribution in [0.1, 0.15) is 45.8 Å². The molecule has 2 heteroatoms. The first-order valence-electron chi connectivity index (χ1n) is 6.43. The molecule has 1 N–H and O–H groups in total. The summed E-state index contributed by atoms with van der Waals surface area (Å²) in [7, 11) is 0. The third kappa shape index (κ3) is 4.49. The van der Waals surface area contributed by atoms with E-state index < -0.39 is 0 Å². The van der Waals surface area contributed by atoms with Gasteiger partial charge < -0.3 is 5.11 Å². The van der Waals surface area contributed by atoms with Crippen LogP contribution in [0.25, 0.3) is 0 Å². The Bertz CT molecular complexity index is 315. The predicted molar refractivity (Wildman–Crippen MR) is 73.0 cm³/mol. The highest BCUT2D eigenvalue weighted by atomic mass is 16.3. The Balaban J connectivity index is 2.50. The zero-order chi connectivity index (χ0) is 12.9. The van der Waals surface area contributed by atoms with Crippen molar-refractivity contribution < 1.29 is 5.11 Å². The minimum Gasteiger partial charge on any atom is -0.388 e. The number of nitrogens with zero attached hydrogens (tertiary/aromatic N) is 1. The molecule has 0 amide bonds. The maximum atomic E-state index is 10.1. The molecule has 2 nitrogen and oxygen atoms in total. The highest BCUT2D eigenvalue weighted by molar-refractivity contribution is 5.17. The van der Waals surface area contributed by atoms with E-state index in [0.717, 1.165) is 25.1 Å². The van der Waals surface area contributed by atoms with Gasteiger partial charge in [0, 0.05) is 12.1 Å². The van der Waals surface area contributed by atoms with Gasteiger partial charge in [-0.05, 0) is 39.3 Å². The molecule has 1 aromatic carbocycles. The van der Waals surface area contributed by atoms with Crippen LogP contribution in [0.5, 0.6) is 0 Å². The molecule has 1 atom stereocenters. The average molecular weight is 235 g/mol. The molecule has 17 heavy (non-hydrogen) atoms. The fourth-order valence-electron chi connectivity index (χ4n) is 2.09. The maximum Gasteiger partial charge on any atom is 0.0802 e. The lowest BCUT2D eigenvalue weighted by Gasteiger charge is -2.35. The van der Waals surface area contributed by atoms with Gasteiger partial charge in [0.05, 0.1) is 6.10 Å². The van der Waals surface area contributed by atoms with Crippen LogP contribution in [0.15, 0.2) is 30.3 Å². The third-order valence-corrected chi connectivity index (χ3v) is 3.19. The summed E-state index contributed by atoms with van der Waals surface area (Å²) in [6.45, 7) is 10.8. The highest BCUT2D eigenvalue weighted by Gasteiger charge is 2.20. The summed E-state index contributed by atoms with van der Waals surface area (Å²) in [6, 6.07) is 9.89. The Morgan fingerprint density at radius 1 is 1.18 bits per heavy atom. The zero-order valence-corrected chi connectivity index (χ0v) is 11.5. The summed E-state index contributed by atoms with van der Waals surface area (Å²) < 4.78 is 0. The van der Waals surface area contributed by atoms with E-state index in [2.05, 4.69) is 32.6 Å². The molecule has 0 spiro atoms. The minimum atomic E-state index is -0.354. The SMILES string of the molecule is CCN(CCC(O)c1ccccc1)C(C)(C)C. The first kappa shape index (κ1) is 14.2. The van der Waals surface area contributed by atoms with E-state index in [0.29, 0.717) is 0 Å². The summed E-state index contributed by atoms with van der Waals surface area (Å²) in [6.07, 6.45) is 0.433. The Hall–Kier alpha value is -0.860. The normalized spacial score (nSPS) is 14.0. The first-order chi connectivity index (χ1) is 7.95. The fraction of sp³-hybridized carbons (Fsp3) is 0.600. The first-order valence-corrected chi connectivity index (χ1v) is 6.43. The van der Waals surface area contributed by atoms with Gasteiger partial charge in [0.25, 0.3) is 0 Å². The highest BCUT2D eigenvalue weighted by Crippen LogP contribution is 2.19. The van der Waals surface area contributed by atoms with Gasteiger partial charge in [-0.25, -0.2) is 0 Å². The van der Waals surface area contributed by atoms with Gasteiger partial charge >= 0.3 is 0 Å². The molecular weight excluding hydrogens is 210 g/mol. The molecule has 0 aromatic heterocycles. The molecule has 0 aliphatic carbocycles. The van der Waals surface area contributed by atoms with Crippen molar-refractivity contribution in [1.29, 1.82) is 0 Å². The van der Waals surface area contributed by atoms with Gasteiger partial charge in [-0.2, -0.15) is 0 Å². The lowest BCUT2D eigenvalue weighted by Crippen LogP contribution is -2.42. The van der Waals surface area contributed by atoms with Crippen LogP contribution in [-0.4, -0.2) is 28.6 Å². The Kier molecular flexibility index (Phi) is 5.16. The molecule has 0 radical (unpaired) electrons. The minimum absolute atomic E-state index is 0.172. The van der Waals surface area contributed by atoms with Crippen LogP contribution in [0.3, 0.4) is 0 Å². The molecule has 0 bridgehead atoms. The van der Waals surface area contributed by atoms with E-state index in [9.17, 15) is 5.11 Å². The van der Waals surface area contributed by atoms with Gasteiger partial charge in [0.1, 0.15) is 0 Å². The molecular formula is C15H25NO. The van der Waals surface area contributed by atoms with E-state index >= 15 is 0 Å². The van der Waals surface area contributed by atoms with Crippen molar-refractivity contribution >= 4 is 0 Å². The lowest BCUT2D eigenvalue weighted by molar-refractivity contribution is 0.0997. The third-order valence-electron chi connectivity index (χ3n) is 3.19. The van der Waals surface area contributed by atoms with Gasteiger partial charge in [0.2, 0.25) is 0 Å². The lowest BCUT2D eigenvalue weighted by atomic mass is 10.0. The van der Waals surface area contributed by atoms with Gasteiger partial charge in [0.15, 0.2) is 0 Å². The topological polar surface area (TPSA) is 23.5 Å². The molecule has 0 saturated heterocycles. The van der Waals surface area contributed by atoms with E-state index in [1.54, 1.807) is 0 Å². The second-order valence-electron chi connectivity index (χ2n) is 5.47. The summed E-state index contributed by atoms with van der Waals surface area (Å²) in [5.41, 5.74) is 1.18. The average Bonchev–Trinajstić information content (AvgIpc) is 2.29. The van der Waals surface area contributed by atoms with E-state index in [4.69, 9.17) is 0 Å². The number of benzene rings is 1. The largest absolute Gasteiger partial charge is 0.388 e. The van der Waals surface area contributed by atoms with Crippen molar-refractivity contribution in [3.63, 3.8) is 0 Å². The Labute approximate surface area is 105 Å². The molecule has 0 aliphatic rings. The fourth-order valence-corrected chi connectivity index (χ4v) is 2.09. The van der Waals surface area contributed by atoms with Crippen molar-refractivity contribution in [1.82, 2.24) is 4.90 Å². The summed E-state index contributed by atoms with van der Waals surface area (Å²) in [4.78, 5) is 2.39. The number of hydrogen-bond donors (Lipinski definition) is 1. The van der Waals surface area contributed by atoms with Crippen LogP contribution < -0.4 is 0 Å². The Morgan fingerprint density at radius 2 is 1.76 bits per heavy atom. The number of aliphatic hydroxyl groups excluding tert-OH is 1. The van der Waals surface area contributed by atoms with Gasteiger partial charge in [-0.15, -0.1) is 0 Å². The Morgan fingerprint density at radius 3 is 2.24 bits per heavy atom. The van der Waals surface area contributed by atoms with Crippen LogP contribution in [0, 0.1) is 0 Å². The number of aliphatic hydroxyl groups is 1. The van der Waals surface area contributed by atoms with Crippen LogP contribution in [-0.2, 0) is 0 Å². The molecule has 96 valence electrons. The van der Waals surface area contributed by atoms with Crippen molar-refractivity contribution in [2.24, 2.45) is 0 Å². The molecule has 1 unspecified atom stereocenters. The number of rotatable bonds is 5. The predicted octanol–water partition coefficient (Wildman–Crippen LogP) is 3.23. The van der Waals surface area contributed by atoms with Crippen molar-refractivity contribution in [3.05, 3.63) is 35.9 Å². The second kappa shape index (κ2) is 6.18. The van der Waals surface area contributed by atoms with Crippen molar-refractivity contribution in [2.75, 3.05) is 13.1 Å². The maximum absolute atomic E-state index is 10.1. The molecule has 1 rings (SSSR count). The molecule has 0 fully saturated rings. The quantitative estimate of drug-likeness (QED) is 0.847. The van der Waals surface area contributed by atoms with Crippen LogP contribution in [0.2, 0.25) is 0 Å². The number of hydrogen-bond acceptors (Lipinski definition) is 2. The van der Waals surface area contributed by atoms with E-state index in [1.165, 1.54) is 0 Å². The monoisotopic (exact) mass is 235 g/mol. The molecule has 1 aromatic rings. The smallest absolute Gasteiger partial charge is 0.0802 e. The molecule has 0 aliphatic heterocycles. The van der Waals surface area contributed by atoms with Crippen molar-refractivity contribution in [2.45, 2.75) is 45.8 Å². The zero-order valence-electron chi connectivity index (χ0n) is 11.5. The van der Waals surface area contributed by atoms with E-state index in [-0.39, 0.29) is 11.6 Å². The summed E-state index contributed by atoms with van der Waals surface area (Å²) >= 11 is 0. The van der Waals surface area contributed by atoms with Crippen LogP contribution in [0.4, 0.5) is 0 Å². The van der Waals surface area contributed by atoms with Gasteiger partial charge in [-0.3, -0.25) is 4.90 Å². The van der Waals surface area contributed by atoms with Crippen LogP contribution >= 0.6 is 0 Å².